The molecule has 0 saturated carbocycles. The molecule has 0 bridgehead atoms. The van der Waals surface area contributed by atoms with Crippen molar-refractivity contribution in [1.29, 1.82) is 0 Å². The molecule has 0 aromatic heterocycles. The van der Waals surface area contributed by atoms with E-state index in [-0.39, 0.29) is 0 Å². The summed E-state index contributed by atoms with van der Waals surface area (Å²) in [5.41, 5.74) is 0. The zero-order chi connectivity index (χ0) is 11.6. The first-order valence-corrected chi connectivity index (χ1v) is 3.49. The van der Waals surface area contributed by atoms with Gasteiger partial charge in [0.05, 0.1) is 7.11 Å². The lowest BCUT2D eigenvalue weighted by Crippen LogP contribution is -2.45. The second kappa shape index (κ2) is 4.29. The fourth-order valence-corrected chi connectivity index (χ4v) is 0.580. The molecule has 1 nitrogen and oxygen atoms in total. The molecule has 8 heteroatoms. The maximum Gasteiger partial charge on any atom is 0.373 e. The van der Waals surface area contributed by atoms with E-state index >= 15 is 0 Å². The van der Waals surface area contributed by atoms with Crippen LogP contribution in [0.1, 0.15) is 0 Å². The summed E-state index contributed by atoms with van der Waals surface area (Å²) in [6.07, 6.45) is -5.06. The van der Waals surface area contributed by atoms with Crippen LogP contribution in [0.15, 0.2) is 11.3 Å². The second-order valence-corrected chi connectivity index (χ2v) is 2.57. The summed E-state index contributed by atoms with van der Waals surface area (Å²) >= 11 is 4.84. The normalized spacial score (nSPS) is 14.8. The van der Waals surface area contributed by atoms with E-state index < -0.39 is 29.6 Å². The predicted octanol–water partition coefficient (Wildman–Crippen LogP) is 3.25. The predicted molar refractivity (Wildman–Crippen MR) is 36.8 cm³/mol. The van der Waals surface area contributed by atoms with Crippen molar-refractivity contribution in [3.05, 3.63) is 11.3 Å². The van der Waals surface area contributed by atoms with Gasteiger partial charge in [-0.05, 0) is 11.6 Å². The van der Waals surface area contributed by atoms with Crippen molar-refractivity contribution < 1.29 is 31.1 Å². The van der Waals surface area contributed by atoms with Crippen LogP contribution in [0, 0.1) is 0 Å². The Bertz CT molecular complexity index is 226. The Morgan fingerprint density at radius 3 is 2.00 bits per heavy atom. The molecule has 0 N–H and O–H groups in total. The standard InChI is InChI=1S/C6H5ClF6O/c1-14-3(7)2-5(10,11)6(12,13)4(8)9/h2,4H,1H3. The highest BCUT2D eigenvalue weighted by molar-refractivity contribution is 6.28. The minimum absolute atomic E-state index is 0.569. The molecule has 84 valence electrons. The van der Waals surface area contributed by atoms with Gasteiger partial charge in [0, 0.05) is 6.08 Å². The molecule has 0 aromatic rings. The Balaban J connectivity index is 4.95. The smallest absolute Gasteiger partial charge is 0.373 e. The van der Waals surface area contributed by atoms with Crippen LogP contribution >= 0.6 is 11.6 Å². The van der Waals surface area contributed by atoms with E-state index in [1.165, 1.54) is 0 Å². The molecule has 0 saturated heterocycles. The van der Waals surface area contributed by atoms with E-state index in [9.17, 15) is 26.3 Å². The van der Waals surface area contributed by atoms with Crippen molar-refractivity contribution in [3.8, 4) is 0 Å². The summed E-state index contributed by atoms with van der Waals surface area (Å²) in [6.45, 7) is 0. The van der Waals surface area contributed by atoms with Crippen molar-refractivity contribution in [3.63, 3.8) is 0 Å². The number of methoxy groups -OCH3 is 1. The average Bonchev–Trinajstić information content (AvgIpc) is 2.02. The average molecular weight is 243 g/mol. The highest BCUT2D eigenvalue weighted by Gasteiger charge is 2.62. The summed E-state index contributed by atoms with van der Waals surface area (Å²) in [5.74, 6) is -10.5. The third-order valence-electron chi connectivity index (χ3n) is 1.21. The first-order chi connectivity index (χ1) is 6.15. The van der Waals surface area contributed by atoms with E-state index in [2.05, 4.69) is 4.74 Å². The molecule has 0 unspecified atom stereocenters. The molecule has 0 aliphatic carbocycles. The Morgan fingerprint density at radius 2 is 1.71 bits per heavy atom. The molecule has 0 atom stereocenters. The van der Waals surface area contributed by atoms with Gasteiger partial charge in [-0.1, -0.05) is 0 Å². The van der Waals surface area contributed by atoms with Crippen LogP contribution in [0.4, 0.5) is 26.3 Å². The minimum atomic E-state index is -5.48. The van der Waals surface area contributed by atoms with Gasteiger partial charge in [-0.15, -0.1) is 0 Å². The van der Waals surface area contributed by atoms with Crippen molar-refractivity contribution in [1.82, 2.24) is 0 Å². The lowest BCUT2D eigenvalue weighted by molar-refractivity contribution is -0.242. The molecule has 0 radical (unpaired) electrons. The Morgan fingerprint density at radius 1 is 1.29 bits per heavy atom. The van der Waals surface area contributed by atoms with E-state index in [1.807, 2.05) is 0 Å². The number of rotatable bonds is 4. The fraction of sp³-hybridized carbons (Fsp3) is 0.667. The van der Waals surface area contributed by atoms with E-state index in [0.29, 0.717) is 0 Å². The summed E-state index contributed by atoms with van der Waals surface area (Å²) in [4.78, 5) is 0. The van der Waals surface area contributed by atoms with Crippen LogP contribution in [0.2, 0.25) is 0 Å². The molecule has 0 rings (SSSR count). The molecule has 0 spiro atoms. The third-order valence-corrected chi connectivity index (χ3v) is 1.47. The summed E-state index contributed by atoms with van der Waals surface area (Å²) in [6, 6.07) is 0. The van der Waals surface area contributed by atoms with Gasteiger partial charge in [-0.2, -0.15) is 17.6 Å². The molecule has 0 aliphatic heterocycles. The van der Waals surface area contributed by atoms with Crippen LogP contribution in [0.3, 0.4) is 0 Å². The number of allylic oxidation sites excluding steroid dienone is 1. The van der Waals surface area contributed by atoms with Gasteiger partial charge in [0.15, 0.2) is 5.22 Å². The lowest BCUT2D eigenvalue weighted by Gasteiger charge is -2.22. The lowest BCUT2D eigenvalue weighted by atomic mass is 10.2. The van der Waals surface area contributed by atoms with Crippen molar-refractivity contribution in [2.24, 2.45) is 0 Å². The first kappa shape index (κ1) is 13.4. The van der Waals surface area contributed by atoms with Gasteiger partial charge >= 0.3 is 18.3 Å². The van der Waals surface area contributed by atoms with Crippen LogP contribution in [0.5, 0.6) is 0 Å². The van der Waals surface area contributed by atoms with Gasteiger partial charge in [0.1, 0.15) is 0 Å². The molecule has 0 fully saturated rings. The van der Waals surface area contributed by atoms with Crippen LogP contribution in [-0.2, 0) is 4.74 Å². The van der Waals surface area contributed by atoms with Crippen molar-refractivity contribution >= 4 is 11.6 Å². The van der Waals surface area contributed by atoms with Crippen LogP contribution in [-0.4, -0.2) is 25.4 Å². The van der Waals surface area contributed by atoms with Crippen molar-refractivity contribution in [2.75, 3.05) is 7.11 Å². The van der Waals surface area contributed by atoms with Gasteiger partial charge in [0.2, 0.25) is 0 Å². The summed E-state index contributed by atoms with van der Waals surface area (Å²) in [7, 11) is 0.829. The highest BCUT2D eigenvalue weighted by Crippen LogP contribution is 2.40. The Kier molecular flexibility index (Phi) is 4.11. The Hall–Kier alpha value is -0.590. The molecule has 0 aliphatic rings. The highest BCUT2D eigenvalue weighted by atomic mass is 35.5. The third kappa shape index (κ3) is 2.70. The number of ether oxygens (including phenoxy) is 1. The number of alkyl halides is 6. The molecular formula is C6H5ClF6O. The van der Waals surface area contributed by atoms with Gasteiger partial charge in [-0.25, -0.2) is 8.78 Å². The topological polar surface area (TPSA) is 9.23 Å². The molecule has 0 aromatic carbocycles. The van der Waals surface area contributed by atoms with E-state index in [4.69, 9.17) is 11.6 Å². The Labute approximate surface area is 80.3 Å². The minimum Gasteiger partial charge on any atom is -0.486 e. The summed E-state index contributed by atoms with van der Waals surface area (Å²) in [5, 5.41) is -1.09. The van der Waals surface area contributed by atoms with Gasteiger partial charge in [-0.3, -0.25) is 0 Å². The number of hydrogen-bond donors (Lipinski definition) is 0. The fourth-order valence-electron chi connectivity index (χ4n) is 0.443. The zero-order valence-corrected chi connectivity index (χ0v) is 7.46. The molecule has 0 amide bonds. The molecule has 14 heavy (non-hydrogen) atoms. The number of hydrogen-bond acceptors (Lipinski definition) is 1. The molecule has 0 heterocycles. The SMILES string of the molecule is COC(Cl)=CC(F)(F)C(F)(F)C(F)F. The second-order valence-electron chi connectivity index (χ2n) is 2.20. The quantitative estimate of drug-likeness (QED) is 0.543. The number of halogens is 7. The largest absolute Gasteiger partial charge is 0.486 e. The maximum atomic E-state index is 12.4. The van der Waals surface area contributed by atoms with Gasteiger partial charge in [0.25, 0.3) is 0 Å². The molecular weight excluding hydrogens is 238 g/mol. The maximum absolute atomic E-state index is 12.4. The summed E-state index contributed by atoms with van der Waals surface area (Å²) < 4.78 is 76.1. The first-order valence-electron chi connectivity index (χ1n) is 3.11. The van der Waals surface area contributed by atoms with E-state index in [0.717, 1.165) is 7.11 Å². The van der Waals surface area contributed by atoms with Crippen LogP contribution < -0.4 is 0 Å². The van der Waals surface area contributed by atoms with Crippen LogP contribution in [0.25, 0.3) is 0 Å². The van der Waals surface area contributed by atoms with Crippen molar-refractivity contribution in [2.45, 2.75) is 18.3 Å². The van der Waals surface area contributed by atoms with Gasteiger partial charge < -0.3 is 4.74 Å². The zero-order valence-electron chi connectivity index (χ0n) is 6.71. The monoisotopic (exact) mass is 242 g/mol. The van der Waals surface area contributed by atoms with E-state index in [1.54, 1.807) is 0 Å².